The molecule has 2 unspecified atom stereocenters. The fraction of sp³-hybridized carbons (Fsp3) is 0.471. The molecular weight excluding hydrogens is 372 g/mol. The predicted octanol–water partition coefficient (Wildman–Crippen LogP) is 0.351. The average molecular weight is 394 g/mol. The van der Waals surface area contributed by atoms with Crippen molar-refractivity contribution in [2.45, 2.75) is 25.3 Å². The van der Waals surface area contributed by atoms with Gasteiger partial charge >= 0.3 is 6.03 Å². The molecule has 3 N–H and O–H groups in total. The molecule has 3 rings (SSSR count). The van der Waals surface area contributed by atoms with Crippen molar-refractivity contribution in [3.8, 4) is 0 Å². The van der Waals surface area contributed by atoms with E-state index in [1.807, 2.05) is 0 Å². The Kier molecular flexibility index (Phi) is 4.96. The molecule has 2 aliphatic rings. The first-order valence-corrected chi connectivity index (χ1v) is 10.4. The Balaban J connectivity index is 1.74. The number of nitrogens with one attached hydrogen (secondary N) is 3. The van der Waals surface area contributed by atoms with E-state index in [2.05, 4.69) is 16.0 Å². The minimum Gasteiger partial charge on any atom is -0.326 e. The number of nitrogens with zero attached hydrogens (tertiary/aromatic N) is 1. The summed E-state index contributed by atoms with van der Waals surface area (Å²) in [6, 6.07) is 6.10. The summed E-state index contributed by atoms with van der Waals surface area (Å²) in [4.78, 5) is 36.1. The Morgan fingerprint density at radius 2 is 2.07 bits per heavy atom. The fourth-order valence-electron chi connectivity index (χ4n) is 3.36. The van der Waals surface area contributed by atoms with E-state index in [4.69, 9.17) is 0 Å². The topological polar surface area (TPSA) is 125 Å². The highest BCUT2D eigenvalue weighted by atomic mass is 32.2. The normalized spacial score (nSPS) is 26.4. The number of sulfonamides is 1. The second kappa shape index (κ2) is 6.93. The smallest absolute Gasteiger partial charge is 0.322 e. The molecule has 9 nitrogen and oxygen atoms in total. The third-order valence-electron chi connectivity index (χ3n) is 4.98. The Labute approximate surface area is 157 Å². The molecule has 0 aromatic heterocycles. The number of benzene rings is 1. The van der Waals surface area contributed by atoms with E-state index in [0.717, 1.165) is 6.26 Å². The number of piperidine rings is 1. The van der Waals surface area contributed by atoms with Crippen LogP contribution in [-0.4, -0.2) is 49.9 Å². The minimum atomic E-state index is -3.33. The van der Waals surface area contributed by atoms with Crippen molar-refractivity contribution in [2.75, 3.05) is 24.7 Å². The molecule has 0 aliphatic carbocycles. The first kappa shape index (κ1) is 19.3. The van der Waals surface area contributed by atoms with Crippen LogP contribution in [0.3, 0.4) is 0 Å². The van der Waals surface area contributed by atoms with Gasteiger partial charge in [0.15, 0.2) is 0 Å². The van der Waals surface area contributed by atoms with Gasteiger partial charge in [0.25, 0.3) is 5.91 Å². The summed E-state index contributed by atoms with van der Waals surface area (Å²) >= 11 is 0. The van der Waals surface area contributed by atoms with Gasteiger partial charge < -0.3 is 10.6 Å². The standard InChI is InChI=1S/C17H22N4O5S/c1-17(15(23)19-16(24)20-17)12-6-3-7-13(9-12)18-14(22)11-5-4-8-21(10-11)27(2,25)26/h3,6-7,9,11H,4-5,8,10H2,1-2H3,(H,18,22)(H2,19,20,23,24). The highest BCUT2D eigenvalue weighted by molar-refractivity contribution is 7.88. The van der Waals surface area contributed by atoms with Crippen molar-refractivity contribution in [1.29, 1.82) is 0 Å². The van der Waals surface area contributed by atoms with Gasteiger partial charge in [-0.05, 0) is 37.5 Å². The summed E-state index contributed by atoms with van der Waals surface area (Å²) in [5, 5.41) is 7.56. The SMILES string of the molecule is CC1(c2cccc(NC(=O)C3CCCN(S(C)(=O)=O)C3)c2)NC(=O)NC1=O. The number of urea groups is 1. The number of amides is 4. The van der Waals surface area contributed by atoms with Crippen molar-refractivity contribution in [1.82, 2.24) is 14.9 Å². The number of carbonyl (C=O) groups excluding carboxylic acids is 3. The minimum absolute atomic E-state index is 0.153. The van der Waals surface area contributed by atoms with E-state index in [0.29, 0.717) is 30.6 Å². The quantitative estimate of drug-likeness (QED) is 0.636. The van der Waals surface area contributed by atoms with Crippen molar-refractivity contribution >= 4 is 33.6 Å². The molecule has 2 heterocycles. The van der Waals surface area contributed by atoms with Crippen LogP contribution in [0.5, 0.6) is 0 Å². The molecule has 0 saturated carbocycles. The monoisotopic (exact) mass is 394 g/mol. The maximum Gasteiger partial charge on any atom is 0.322 e. The number of carbonyl (C=O) groups is 3. The zero-order chi connectivity index (χ0) is 19.8. The summed E-state index contributed by atoms with van der Waals surface area (Å²) in [5.41, 5.74) is -0.204. The second-order valence-electron chi connectivity index (χ2n) is 7.06. The van der Waals surface area contributed by atoms with Gasteiger partial charge in [0.2, 0.25) is 15.9 Å². The number of rotatable bonds is 4. The molecule has 1 aromatic rings. The maximum atomic E-state index is 12.6. The van der Waals surface area contributed by atoms with Crippen molar-refractivity contribution in [3.05, 3.63) is 29.8 Å². The molecule has 2 aliphatic heterocycles. The van der Waals surface area contributed by atoms with Crippen LogP contribution in [0.15, 0.2) is 24.3 Å². The van der Waals surface area contributed by atoms with E-state index >= 15 is 0 Å². The average Bonchev–Trinajstić information content (AvgIpc) is 2.87. The molecule has 0 spiro atoms. The van der Waals surface area contributed by atoms with E-state index in [1.54, 1.807) is 31.2 Å². The number of hydrogen-bond acceptors (Lipinski definition) is 5. The molecule has 4 amide bonds. The molecule has 2 atom stereocenters. The highest BCUT2D eigenvalue weighted by Gasteiger charge is 2.43. The van der Waals surface area contributed by atoms with Crippen molar-refractivity contribution in [3.63, 3.8) is 0 Å². The van der Waals surface area contributed by atoms with Crippen molar-refractivity contribution < 1.29 is 22.8 Å². The lowest BCUT2D eigenvalue weighted by molar-refractivity contribution is -0.123. The molecule has 27 heavy (non-hydrogen) atoms. The van der Waals surface area contributed by atoms with E-state index in [-0.39, 0.29) is 12.5 Å². The first-order valence-electron chi connectivity index (χ1n) is 8.60. The summed E-state index contributed by atoms with van der Waals surface area (Å²) < 4.78 is 24.8. The van der Waals surface area contributed by atoms with Crippen LogP contribution in [0.4, 0.5) is 10.5 Å². The molecule has 2 fully saturated rings. The van der Waals surface area contributed by atoms with Gasteiger partial charge in [0.1, 0.15) is 5.54 Å². The molecular formula is C17H22N4O5S. The summed E-state index contributed by atoms with van der Waals surface area (Å²) in [6.07, 6.45) is 2.36. The van der Waals surface area contributed by atoms with Gasteiger partial charge in [-0.2, -0.15) is 0 Å². The van der Waals surface area contributed by atoms with Crippen LogP contribution in [0.1, 0.15) is 25.3 Å². The zero-order valence-electron chi connectivity index (χ0n) is 15.1. The summed E-state index contributed by atoms with van der Waals surface area (Å²) in [5.74, 6) is -1.18. The van der Waals surface area contributed by atoms with Crippen LogP contribution in [-0.2, 0) is 25.2 Å². The number of imide groups is 1. The van der Waals surface area contributed by atoms with Crippen LogP contribution in [0, 0.1) is 5.92 Å². The first-order chi connectivity index (χ1) is 12.6. The lowest BCUT2D eigenvalue weighted by atomic mass is 9.92. The highest BCUT2D eigenvalue weighted by Crippen LogP contribution is 2.27. The van der Waals surface area contributed by atoms with Gasteiger partial charge in [0.05, 0.1) is 12.2 Å². The van der Waals surface area contributed by atoms with Gasteiger partial charge in [-0.1, -0.05) is 12.1 Å². The Hall–Kier alpha value is -2.46. The molecule has 0 bridgehead atoms. The number of hydrogen-bond donors (Lipinski definition) is 3. The Morgan fingerprint density at radius 3 is 2.70 bits per heavy atom. The van der Waals surface area contributed by atoms with E-state index in [1.165, 1.54) is 4.31 Å². The number of anilines is 1. The van der Waals surface area contributed by atoms with Gasteiger partial charge in [-0.25, -0.2) is 17.5 Å². The zero-order valence-corrected chi connectivity index (χ0v) is 15.9. The lowest BCUT2D eigenvalue weighted by Crippen LogP contribution is -2.43. The van der Waals surface area contributed by atoms with Gasteiger partial charge in [-0.15, -0.1) is 0 Å². The van der Waals surface area contributed by atoms with Crippen LogP contribution in [0.2, 0.25) is 0 Å². The second-order valence-corrected chi connectivity index (χ2v) is 9.05. The summed E-state index contributed by atoms with van der Waals surface area (Å²) in [6.45, 7) is 2.16. The van der Waals surface area contributed by atoms with Crippen LogP contribution >= 0.6 is 0 Å². The Bertz CT molecular complexity index is 900. The molecule has 0 radical (unpaired) electrons. The largest absolute Gasteiger partial charge is 0.326 e. The Morgan fingerprint density at radius 1 is 1.33 bits per heavy atom. The van der Waals surface area contributed by atoms with Gasteiger partial charge in [0, 0.05) is 18.8 Å². The summed E-state index contributed by atoms with van der Waals surface area (Å²) in [7, 11) is -3.33. The molecule has 1 aromatic carbocycles. The fourth-order valence-corrected chi connectivity index (χ4v) is 4.27. The predicted molar refractivity (Wildman–Crippen MR) is 98.2 cm³/mol. The third kappa shape index (κ3) is 3.96. The molecule has 146 valence electrons. The molecule has 10 heteroatoms. The van der Waals surface area contributed by atoms with Crippen LogP contribution in [0.25, 0.3) is 0 Å². The van der Waals surface area contributed by atoms with E-state index < -0.39 is 33.4 Å². The molecule has 2 saturated heterocycles. The van der Waals surface area contributed by atoms with E-state index in [9.17, 15) is 22.8 Å². The van der Waals surface area contributed by atoms with Crippen LogP contribution < -0.4 is 16.0 Å². The lowest BCUT2D eigenvalue weighted by Gasteiger charge is -2.30. The van der Waals surface area contributed by atoms with Gasteiger partial charge in [-0.3, -0.25) is 14.9 Å². The maximum absolute atomic E-state index is 12.6. The van der Waals surface area contributed by atoms with Crippen molar-refractivity contribution in [2.24, 2.45) is 5.92 Å². The third-order valence-corrected chi connectivity index (χ3v) is 6.25.